The van der Waals surface area contributed by atoms with Crippen molar-refractivity contribution in [3.05, 3.63) is 11.6 Å². The minimum Gasteiger partial charge on any atom is -0.478 e. The number of carboxylic acids is 2. The molecule has 0 bridgehead atoms. The van der Waals surface area contributed by atoms with E-state index in [0.717, 1.165) is 0 Å². The van der Waals surface area contributed by atoms with Crippen LogP contribution in [0.3, 0.4) is 0 Å². The van der Waals surface area contributed by atoms with Crippen LogP contribution >= 0.6 is 0 Å². The first kappa shape index (κ1) is 7.68. The quantitative estimate of drug-likeness (QED) is 0.528. The lowest BCUT2D eigenvalue weighted by molar-refractivity contribution is -0.135. The topological polar surface area (TPSA) is 74.6 Å². The van der Waals surface area contributed by atoms with Gasteiger partial charge in [0, 0.05) is 11.6 Å². The van der Waals surface area contributed by atoms with Crippen molar-refractivity contribution in [3.63, 3.8) is 0 Å². The van der Waals surface area contributed by atoms with Crippen molar-refractivity contribution in [1.29, 1.82) is 0 Å². The Morgan fingerprint density at radius 2 is 2.11 bits per heavy atom. The second-order valence-electron chi connectivity index (χ2n) is 1.47. The summed E-state index contributed by atoms with van der Waals surface area (Å²) >= 11 is 0. The van der Waals surface area contributed by atoms with Gasteiger partial charge in [-0.05, 0) is 6.92 Å². The first-order valence-corrected chi connectivity index (χ1v) is 2.18. The van der Waals surface area contributed by atoms with Gasteiger partial charge in [0.2, 0.25) is 0 Å². The van der Waals surface area contributed by atoms with Crippen LogP contribution in [-0.4, -0.2) is 22.2 Å². The summed E-state index contributed by atoms with van der Waals surface area (Å²) in [6.45, 7) is 1.22. The highest BCUT2D eigenvalue weighted by atomic mass is 18.7. The van der Waals surface area contributed by atoms with Gasteiger partial charge in [-0.15, -0.1) is 0 Å². The first-order chi connectivity index (χ1) is 4.04. The molecule has 0 rings (SSSR count). The summed E-state index contributed by atoms with van der Waals surface area (Å²) in [5, 5.41) is 16.1. The molecule has 0 aliphatic rings. The SMILES string of the molecule is C/C(=C/C(=O)O)[18C](=O)O. The molecule has 0 heterocycles. The van der Waals surface area contributed by atoms with Gasteiger partial charge in [0.1, 0.15) is 0 Å². The average Bonchev–Trinajstić information content (AvgIpc) is 1.63. The first-order valence-electron chi connectivity index (χ1n) is 2.18. The molecule has 0 aliphatic carbocycles. The van der Waals surface area contributed by atoms with E-state index in [1.165, 1.54) is 6.92 Å². The number of hydrogen-bond acceptors (Lipinski definition) is 2. The molecule has 4 nitrogen and oxygen atoms in total. The van der Waals surface area contributed by atoms with Gasteiger partial charge in [0.05, 0.1) is 0 Å². The standard InChI is InChI=1S/C5H6O4/c1-3(5(8)9)2-4(6)7/h2H,1H3,(H,6,7)(H,8,9)/b3-2-/i5+6. The Balaban J connectivity index is 4.17. The highest BCUT2D eigenvalue weighted by Crippen LogP contribution is 1.89. The van der Waals surface area contributed by atoms with E-state index >= 15 is 0 Å². The molecule has 0 saturated carbocycles. The fraction of sp³-hybridized carbons (Fsp3) is 0.200. The van der Waals surface area contributed by atoms with Crippen LogP contribution in [0.5, 0.6) is 0 Å². The number of carboxylic acid groups (broad SMARTS) is 2. The van der Waals surface area contributed by atoms with E-state index in [4.69, 9.17) is 10.2 Å². The van der Waals surface area contributed by atoms with Crippen LogP contribution in [0.15, 0.2) is 11.6 Å². The maximum absolute atomic E-state index is 9.90. The van der Waals surface area contributed by atoms with Gasteiger partial charge >= 0.3 is 11.9 Å². The molecule has 0 atom stereocenters. The predicted octanol–water partition coefficient (Wildman–Crippen LogP) is 0.102. The Bertz CT molecular complexity index is 168. The Hall–Kier alpha value is -1.32. The summed E-state index contributed by atoms with van der Waals surface area (Å²) in [4.78, 5) is 19.7. The van der Waals surface area contributed by atoms with Gasteiger partial charge in [-0.3, -0.25) is 0 Å². The highest BCUT2D eigenvalue weighted by Gasteiger charge is 2.00. The molecule has 0 spiro atoms. The fourth-order valence-corrected chi connectivity index (χ4v) is 0.247. The van der Waals surface area contributed by atoms with E-state index in [0.29, 0.717) is 6.08 Å². The molecule has 0 radical (unpaired) electrons. The van der Waals surface area contributed by atoms with Crippen molar-refractivity contribution >= 4 is 11.9 Å². The third-order valence-corrected chi connectivity index (χ3v) is 0.677. The lowest BCUT2D eigenvalue weighted by atomic mass is 10.5. The van der Waals surface area contributed by atoms with Crippen LogP contribution in [0.4, 0.5) is 0 Å². The maximum atomic E-state index is 9.90. The molecule has 0 aromatic rings. The Kier molecular flexibility index (Phi) is 2.44. The lowest BCUT2D eigenvalue weighted by Gasteiger charge is -1.86. The predicted molar refractivity (Wildman–Crippen MR) is 29.0 cm³/mol. The molecular weight excluding hydrogens is 130 g/mol. The van der Waals surface area contributed by atoms with Gasteiger partial charge in [0.15, 0.2) is 0 Å². The van der Waals surface area contributed by atoms with Crippen LogP contribution in [0.1, 0.15) is 6.92 Å². The highest BCUT2D eigenvalue weighted by molar-refractivity contribution is 5.93. The third kappa shape index (κ3) is 3.28. The zero-order valence-corrected chi connectivity index (χ0v) is 4.79. The zero-order valence-electron chi connectivity index (χ0n) is 4.79. The van der Waals surface area contributed by atoms with E-state index in [-0.39, 0.29) is 5.57 Å². The summed E-state index contributed by atoms with van der Waals surface area (Å²) in [6, 6.07) is 0. The summed E-state index contributed by atoms with van der Waals surface area (Å²) in [7, 11) is 0. The van der Waals surface area contributed by atoms with Crippen molar-refractivity contribution in [1.82, 2.24) is 0 Å². The van der Waals surface area contributed by atoms with Crippen LogP contribution in [0.2, 0.25) is 0 Å². The van der Waals surface area contributed by atoms with Crippen molar-refractivity contribution < 1.29 is 19.8 Å². The normalized spacial score (nSPS) is 11.0. The smallest absolute Gasteiger partial charge is 0.331 e. The molecule has 0 aromatic heterocycles. The Morgan fingerprint density at radius 1 is 1.67 bits per heavy atom. The molecule has 4 heteroatoms. The van der Waals surface area contributed by atoms with Gasteiger partial charge in [0.25, 0.3) is 0 Å². The van der Waals surface area contributed by atoms with Crippen LogP contribution < -0.4 is 0 Å². The van der Waals surface area contributed by atoms with E-state index < -0.39 is 11.9 Å². The van der Waals surface area contributed by atoms with E-state index in [2.05, 4.69) is 0 Å². The van der Waals surface area contributed by atoms with Gasteiger partial charge in [-0.25, -0.2) is 9.59 Å². The molecule has 0 aromatic carbocycles. The third-order valence-electron chi connectivity index (χ3n) is 0.677. The molecule has 50 valence electrons. The Morgan fingerprint density at radius 3 is 2.22 bits per heavy atom. The van der Waals surface area contributed by atoms with Crippen molar-refractivity contribution in [2.24, 2.45) is 0 Å². The molecule has 0 amide bonds. The van der Waals surface area contributed by atoms with Gasteiger partial charge in [-0.1, -0.05) is 0 Å². The maximum Gasteiger partial charge on any atom is 0.331 e. The number of rotatable bonds is 2. The van der Waals surface area contributed by atoms with Crippen molar-refractivity contribution in [2.45, 2.75) is 6.92 Å². The largest absolute Gasteiger partial charge is 0.478 e. The van der Waals surface area contributed by atoms with Gasteiger partial charge < -0.3 is 10.2 Å². The van der Waals surface area contributed by atoms with Crippen LogP contribution in [0, 0.1) is 0 Å². The summed E-state index contributed by atoms with van der Waals surface area (Å²) in [6.07, 6.45) is 0.641. The van der Waals surface area contributed by atoms with Crippen LogP contribution in [0.25, 0.3) is 0 Å². The summed E-state index contributed by atoms with van der Waals surface area (Å²) < 4.78 is 0. The number of carbonyl (C=O) groups is 2. The second-order valence-corrected chi connectivity index (χ2v) is 1.47. The lowest BCUT2D eigenvalue weighted by Crippen LogP contribution is -1.99. The number of aliphatic carboxylic acids is 2. The van der Waals surface area contributed by atoms with Crippen molar-refractivity contribution in [3.8, 4) is 0 Å². The molecular formula is C5H6O4. The molecule has 0 fully saturated rings. The van der Waals surface area contributed by atoms with E-state index in [1.54, 1.807) is 0 Å². The molecule has 2 N–H and O–H groups in total. The van der Waals surface area contributed by atoms with Gasteiger partial charge in [-0.2, -0.15) is 0 Å². The fourth-order valence-electron chi connectivity index (χ4n) is 0.247. The molecule has 0 unspecified atom stereocenters. The van der Waals surface area contributed by atoms with Crippen molar-refractivity contribution in [2.75, 3.05) is 0 Å². The minimum absolute atomic E-state index is 0.178. The van der Waals surface area contributed by atoms with E-state index in [9.17, 15) is 9.59 Å². The number of hydrogen-bond donors (Lipinski definition) is 2. The molecule has 0 saturated heterocycles. The molecule has 9 heavy (non-hydrogen) atoms. The zero-order chi connectivity index (χ0) is 7.44. The minimum atomic E-state index is -1.24. The molecule has 0 aliphatic heterocycles. The van der Waals surface area contributed by atoms with Crippen LogP contribution in [-0.2, 0) is 9.59 Å². The second kappa shape index (κ2) is 2.86. The summed E-state index contributed by atoms with van der Waals surface area (Å²) in [5.41, 5.74) is -0.178. The Labute approximate surface area is 51.4 Å². The summed E-state index contributed by atoms with van der Waals surface area (Å²) in [5.74, 6) is -2.45. The average molecular weight is 136 g/mol. The monoisotopic (exact) mass is 136 g/mol. The van der Waals surface area contributed by atoms with E-state index in [1.807, 2.05) is 0 Å².